The van der Waals surface area contributed by atoms with Crippen molar-refractivity contribution in [2.75, 3.05) is 12.0 Å². The maximum atomic E-state index is 12.8. The van der Waals surface area contributed by atoms with Crippen LogP contribution in [-0.2, 0) is 14.3 Å². The van der Waals surface area contributed by atoms with Crippen LogP contribution in [0.1, 0.15) is 6.92 Å². The number of carbonyl (C=O) groups is 2. The van der Waals surface area contributed by atoms with Gasteiger partial charge >= 0.3 is 5.97 Å². The summed E-state index contributed by atoms with van der Waals surface area (Å²) in [6.07, 6.45) is 0.199. The number of rotatable bonds is 5. The summed E-state index contributed by atoms with van der Waals surface area (Å²) in [4.78, 5) is 21.7. The van der Waals surface area contributed by atoms with Crippen LogP contribution in [0.3, 0.4) is 0 Å². The van der Waals surface area contributed by atoms with E-state index in [1.165, 1.54) is 6.07 Å². The summed E-state index contributed by atoms with van der Waals surface area (Å²) in [5.74, 6) is -2.98. The summed E-state index contributed by atoms with van der Waals surface area (Å²) in [7, 11) is 0. The van der Waals surface area contributed by atoms with Crippen molar-refractivity contribution < 1.29 is 23.1 Å². The molecule has 96 valence electrons. The minimum atomic E-state index is -1.07. The van der Waals surface area contributed by atoms with Crippen molar-refractivity contribution in [1.82, 2.24) is 0 Å². The fourth-order valence-corrected chi connectivity index (χ4v) is 1.02. The van der Waals surface area contributed by atoms with E-state index < -0.39 is 23.3 Å². The molecular weight excluding hydrogens is 246 g/mol. The lowest BCUT2D eigenvalue weighted by Gasteiger charge is -2.03. The lowest BCUT2D eigenvalue weighted by atomic mass is 10.3. The summed E-state index contributed by atoms with van der Waals surface area (Å²) in [5, 5.41) is 3.44. The third-order valence-electron chi connectivity index (χ3n) is 1.82. The molecule has 0 aliphatic rings. The van der Waals surface area contributed by atoms with E-state index in [1.54, 1.807) is 6.92 Å². The Morgan fingerprint density at radius 3 is 2.72 bits per heavy atom. The van der Waals surface area contributed by atoms with Crippen LogP contribution < -0.4 is 5.43 Å². The highest BCUT2D eigenvalue weighted by Gasteiger charge is 2.11. The number of ether oxygens (including phenoxy) is 1. The number of benzene rings is 1. The van der Waals surface area contributed by atoms with Crippen molar-refractivity contribution in [1.29, 1.82) is 0 Å². The lowest BCUT2D eigenvalue weighted by molar-refractivity contribution is -0.135. The standard InChI is InChI=1S/C11H10F2N2O3/c1-2-18-11(17)10(6-16)15-14-7-3-4-8(12)9(13)5-7/h3-6,14H,2H2,1H3/b15-10-. The van der Waals surface area contributed by atoms with Crippen molar-refractivity contribution in [3.63, 3.8) is 0 Å². The average Bonchev–Trinajstić information content (AvgIpc) is 2.34. The Bertz CT molecular complexity index is 489. The maximum absolute atomic E-state index is 12.8. The van der Waals surface area contributed by atoms with Gasteiger partial charge in [-0.15, -0.1) is 0 Å². The molecule has 0 atom stereocenters. The molecule has 1 aromatic rings. The number of halogens is 2. The maximum Gasteiger partial charge on any atom is 0.362 e. The number of nitrogens with zero attached hydrogens (tertiary/aromatic N) is 1. The Balaban J connectivity index is 2.79. The van der Waals surface area contributed by atoms with Gasteiger partial charge in [-0.3, -0.25) is 10.2 Å². The van der Waals surface area contributed by atoms with E-state index in [1.807, 2.05) is 0 Å². The monoisotopic (exact) mass is 256 g/mol. The second kappa shape index (κ2) is 6.43. The van der Waals surface area contributed by atoms with E-state index in [4.69, 9.17) is 0 Å². The van der Waals surface area contributed by atoms with Gasteiger partial charge in [-0.1, -0.05) is 0 Å². The van der Waals surface area contributed by atoms with E-state index in [-0.39, 0.29) is 18.6 Å². The zero-order valence-corrected chi connectivity index (χ0v) is 9.44. The van der Waals surface area contributed by atoms with Gasteiger partial charge in [-0.25, -0.2) is 13.6 Å². The molecule has 0 amide bonds. The third kappa shape index (κ3) is 3.62. The first-order chi connectivity index (χ1) is 8.58. The molecule has 0 radical (unpaired) electrons. The van der Waals surface area contributed by atoms with Gasteiger partial charge in [0, 0.05) is 6.07 Å². The predicted molar refractivity (Wildman–Crippen MR) is 60.1 cm³/mol. The van der Waals surface area contributed by atoms with Crippen molar-refractivity contribution in [2.45, 2.75) is 6.92 Å². The van der Waals surface area contributed by atoms with E-state index in [0.717, 1.165) is 12.1 Å². The van der Waals surface area contributed by atoms with E-state index in [2.05, 4.69) is 15.3 Å². The van der Waals surface area contributed by atoms with Crippen LogP contribution in [0.2, 0.25) is 0 Å². The highest BCUT2D eigenvalue weighted by Crippen LogP contribution is 2.12. The molecule has 1 rings (SSSR count). The predicted octanol–water partition coefficient (Wildman–Crippen LogP) is 1.49. The molecule has 1 N–H and O–H groups in total. The van der Waals surface area contributed by atoms with Gasteiger partial charge < -0.3 is 4.74 Å². The third-order valence-corrected chi connectivity index (χ3v) is 1.82. The van der Waals surface area contributed by atoms with E-state index in [0.29, 0.717) is 0 Å². The van der Waals surface area contributed by atoms with Gasteiger partial charge in [0.1, 0.15) is 0 Å². The molecule has 0 aromatic heterocycles. The molecule has 0 bridgehead atoms. The average molecular weight is 256 g/mol. The first kappa shape index (κ1) is 13.8. The van der Waals surface area contributed by atoms with E-state index >= 15 is 0 Å². The van der Waals surface area contributed by atoms with Gasteiger partial charge in [0.15, 0.2) is 17.9 Å². The normalized spacial score (nSPS) is 10.9. The first-order valence-electron chi connectivity index (χ1n) is 4.99. The summed E-state index contributed by atoms with van der Waals surface area (Å²) in [6, 6.07) is 2.93. The molecule has 5 nitrogen and oxygen atoms in total. The number of anilines is 1. The molecule has 0 unspecified atom stereocenters. The minimum Gasteiger partial charge on any atom is -0.461 e. The molecule has 0 saturated heterocycles. The molecule has 1 aromatic carbocycles. The molecule has 0 fully saturated rings. The molecule has 7 heteroatoms. The van der Waals surface area contributed by atoms with Crippen LogP contribution in [-0.4, -0.2) is 24.6 Å². The fraction of sp³-hybridized carbons (Fsp3) is 0.182. The second-order valence-corrected chi connectivity index (χ2v) is 3.08. The smallest absolute Gasteiger partial charge is 0.362 e. The molecule has 0 heterocycles. The quantitative estimate of drug-likeness (QED) is 0.285. The van der Waals surface area contributed by atoms with E-state index in [9.17, 15) is 18.4 Å². The van der Waals surface area contributed by atoms with Crippen molar-refractivity contribution in [2.24, 2.45) is 5.10 Å². The highest BCUT2D eigenvalue weighted by molar-refractivity contribution is 6.58. The highest BCUT2D eigenvalue weighted by atomic mass is 19.2. The largest absolute Gasteiger partial charge is 0.461 e. The van der Waals surface area contributed by atoms with Gasteiger partial charge in [0.05, 0.1) is 12.3 Å². The van der Waals surface area contributed by atoms with Gasteiger partial charge in [0.2, 0.25) is 5.71 Å². The Morgan fingerprint density at radius 2 is 2.17 bits per heavy atom. The van der Waals surface area contributed by atoms with Crippen molar-refractivity contribution in [3.05, 3.63) is 29.8 Å². The topological polar surface area (TPSA) is 67.8 Å². The summed E-state index contributed by atoms with van der Waals surface area (Å²) in [6.45, 7) is 1.67. The Kier molecular flexibility index (Phi) is 4.91. The number of carbonyl (C=O) groups excluding carboxylic acids is 2. The van der Waals surface area contributed by atoms with Crippen LogP contribution >= 0.6 is 0 Å². The summed E-state index contributed by atoms with van der Waals surface area (Å²) >= 11 is 0. The second-order valence-electron chi connectivity index (χ2n) is 3.08. The van der Waals surface area contributed by atoms with Crippen molar-refractivity contribution >= 4 is 23.7 Å². The molecule has 0 saturated carbocycles. The lowest BCUT2D eigenvalue weighted by Crippen LogP contribution is -2.20. The Labute approximate surface area is 101 Å². The molecule has 0 spiro atoms. The van der Waals surface area contributed by atoms with Crippen LogP contribution in [0.5, 0.6) is 0 Å². The Hall–Kier alpha value is -2.31. The van der Waals surface area contributed by atoms with Gasteiger partial charge in [0.25, 0.3) is 0 Å². The van der Waals surface area contributed by atoms with Crippen LogP contribution in [0, 0.1) is 11.6 Å². The fourth-order valence-electron chi connectivity index (χ4n) is 1.02. The molecule has 18 heavy (non-hydrogen) atoms. The number of hydrogen-bond acceptors (Lipinski definition) is 5. The minimum absolute atomic E-state index is 0.0941. The van der Waals surface area contributed by atoms with Crippen molar-refractivity contribution in [3.8, 4) is 0 Å². The number of esters is 1. The van der Waals surface area contributed by atoms with Gasteiger partial charge in [-0.05, 0) is 19.1 Å². The summed E-state index contributed by atoms with van der Waals surface area (Å²) < 4.78 is 30.0. The first-order valence-corrected chi connectivity index (χ1v) is 4.99. The Morgan fingerprint density at radius 1 is 1.44 bits per heavy atom. The molecule has 0 aliphatic carbocycles. The van der Waals surface area contributed by atoms with Crippen LogP contribution in [0.25, 0.3) is 0 Å². The number of hydrazone groups is 1. The van der Waals surface area contributed by atoms with Gasteiger partial charge in [-0.2, -0.15) is 5.10 Å². The number of aldehydes is 1. The van der Waals surface area contributed by atoms with Crippen LogP contribution in [0.4, 0.5) is 14.5 Å². The van der Waals surface area contributed by atoms with Crippen LogP contribution in [0.15, 0.2) is 23.3 Å². The number of nitrogens with one attached hydrogen (secondary N) is 1. The number of hydrogen-bond donors (Lipinski definition) is 1. The molecular formula is C11H10F2N2O3. The SMILES string of the molecule is CCOC(=O)/C(C=O)=N\Nc1ccc(F)c(F)c1. The zero-order valence-electron chi connectivity index (χ0n) is 9.44. The summed E-state index contributed by atoms with van der Waals surface area (Å²) in [5.41, 5.74) is 1.85. The molecule has 0 aliphatic heterocycles. The zero-order chi connectivity index (χ0) is 13.5.